The van der Waals surface area contributed by atoms with Gasteiger partial charge in [-0.1, -0.05) is 33.6 Å². The molecule has 2 amide bonds. The number of rotatable bonds is 6. The summed E-state index contributed by atoms with van der Waals surface area (Å²) >= 11 is 0. The Labute approximate surface area is 121 Å². The second-order valence-electron chi connectivity index (χ2n) is 6.50. The van der Waals surface area contributed by atoms with Gasteiger partial charge in [0, 0.05) is 6.54 Å². The fourth-order valence-electron chi connectivity index (χ4n) is 2.67. The summed E-state index contributed by atoms with van der Waals surface area (Å²) < 4.78 is 0. The molecule has 116 valence electrons. The van der Waals surface area contributed by atoms with Crippen molar-refractivity contribution in [2.24, 2.45) is 17.8 Å². The Morgan fingerprint density at radius 2 is 1.80 bits per heavy atom. The maximum absolute atomic E-state index is 11.8. The third-order valence-corrected chi connectivity index (χ3v) is 4.00. The summed E-state index contributed by atoms with van der Waals surface area (Å²) in [6.45, 7) is 6.80. The van der Waals surface area contributed by atoms with E-state index in [4.69, 9.17) is 5.11 Å². The van der Waals surface area contributed by atoms with E-state index in [1.807, 2.05) is 13.8 Å². The van der Waals surface area contributed by atoms with Crippen LogP contribution in [0.25, 0.3) is 0 Å². The minimum absolute atomic E-state index is 0.233. The van der Waals surface area contributed by atoms with Crippen molar-refractivity contribution >= 4 is 12.0 Å². The number of urea groups is 1. The van der Waals surface area contributed by atoms with Gasteiger partial charge in [-0.25, -0.2) is 9.59 Å². The highest BCUT2D eigenvalue weighted by atomic mass is 16.4. The molecule has 0 radical (unpaired) electrons. The second-order valence-corrected chi connectivity index (χ2v) is 6.50. The van der Waals surface area contributed by atoms with Crippen LogP contribution in [0.3, 0.4) is 0 Å². The van der Waals surface area contributed by atoms with Crippen LogP contribution >= 0.6 is 0 Å². The molecule has 5 nitrogen and oxygen atoms in total. The highest BCUT2D eigenvalue weighted by Crippen LogP contribution is 2.27. The number of carboxylic acid groups (broad SMARTS) is 1. The van der Waals surface area contributed by atoms with Crippen LogP contribution in [-0.4, -0.2) is 29.7 Å². The Kier molecular flexibility index (Phi) is 6.82. The molecule has 1 rings (SSSR count). The van der Waals surface area contributed by atoms with E-state index in [1.54, 1.807) is 0 Å². The molecule has 0 spiro atoms. The van der Waals surface area contributed by atoms with Gasteiger partial charge < -0.3 is 15.7 Å². The van der Waals surface area contributed by atoms with Gasteiger partial charge in [-0.3, -0.25) is 0 Å². The van der Waals surface area contributed by atoms with Gasteiger partial charge in [-0.15, -0.1) is 0 Å². The van der Waals surface area contributed by atoms with Crippen molar-refractivity contribution in [3.63, 3.8) is 0 Å². The Morgan fingerprint density at radius 3 is 2.30 bits per heavy atom. The van der Waals surface area contributed by atoms with Gasteiger partial charge in [0.25, 0.3) is 0 Å². The summed E-state index contributed by atoms with van der Waals surface area (Å²) in [6.07, 6.45) is 5.19. The number of carboxylic acids is 1. The van der Waals surface area contributed by atoms with Crippen molar-refractivity contribution in [1.29, 1.82) is 0 Å². The summed E-state index contributed by atoms with van der Waals surface area (Å²) in [5.41, 5.74) is 0. The number of hydrogen-bond donors (Lipinski definition) is 3. The Hall–Kier alpha value is -1.26. The lowest BCUT2D eigenvalue weighted by atomic mass is 9.83. The fraction of sp³-hybridized carbons (Fsp3) is 0.867. The van der Waals surface area contributed by atoms with Crippen molar-refractivity contribution in [3.8, 4) is 0 Å². The van der Waals surface area contributed by atoms with Gasteiger partial charge >= 0.3 is 12.0 Å². The largest absolute Gasteiger partial charge is 0.480 e. The van der Waals surface area contributed by atoms with Crippen molar-refractivity contribution < 1.29 is 14.7 Å². The highest BCUT2D eigenvalue weighted by Gasteiger charge is 2.22. The Morgan fingerprint density at radius 1 is 1.20 bits per heavy atom. The molecule has 0 aromatic rings. The van der Waals surface area contributed by atoms with E-state index in [0.29, 0.717) is 18.9 Å². The SMILES string of the molecule is CC(C)CC(NC(=O)NCC1CCC(C)CC1)C(=O)O. The first-order chi connectivity index (χ1) is 9.38. The summed E-state index contributed by atoms with van der Waals surface area (Å²) in [4.78, 5) is 22.8. The number of carbonyl (C=O) groups excluding carboxylic acids is 1. The fourth-order valence-corrected chi connectivity index (χ4v) is 2.67. The minimum atomic E-state index is -0.972. The quantitative estimate of drug-likeness (QED) is 0.701. The summed E-state index contributed by atoms with van der Waals surface area (Å²) in [6, 6.07) is -1.17. The lowest BCUT2D eigenvalue weighted by Crippen LogP contribution is -2.47. The number of hydrogen-bond acceptors (Lipinski definition) is 2. The van der Waals surface area contributed by atoms with Crippen LogP contribution < -0.4 is 10.6 Å². The van der Waals surface area contributed by atoms with Crippen LogP contribution in [0.5, 0.6) is 0 Å². The van der Waals surface area contributed by atoms with Gasteiger partial charge in [-0.05, 0) is 37.0 Å². The van der Waals surface area contributed by atoms with Crippen LogP contribution in [0, 0.1) is 17.8 Å². The number of carbonyl (C=O) groups is 2. The molecule has 1 saturated carbocycles. The molecule has 1 fully saturated rings. The van der Waals surface area contributed by atoms with Crippen molar-refractivity contribution in [3.05, 3.63) is 0 Å². The highest BCUT2D eigenvalue weighted by molar-refractivity contribution is 5.82. The van der Waals surface area contributed by atoms with E-state index in [9.17, 15) is 9.59 Å². The zero-order valence-electron chi connectivity index (χ0n) is 12.8. The Bertz CT molecular complexity index is 323. The van der Waals surface area contributed by atoms with Crippen molar-refractivity contribution in [2.45, 2.75) is 58.9 Å². The number of amides is 2. The van der Waals surface area contributed by atoms with Gasteiger partial charge in [-0.2, -0.15) is 0 Å². The molecule has 1 atom stereocenters. The zero-order chi connectivity index (χ0) is 15.1. The van der Waals surface area contributed by atoms with Crippen LogP contribution in [0.1, 0.15) is 52.9 Å². The maximum atomic E-state index is 11.8. The molecule has 0 heterocycles. The van der Waals surface area contributed by atoms with Crippen molar-refractivity contribution in [1.82, 2.24) is 10.6 Å². The van der Waals surface area contributed by atoms with Crippen molar-refractivity contribution in [2.75, 3.05) is 6.54 Å². The smallest absolute Gasteiger partial charge is 0.326 e. The van der Waals surface area contributed by atoms with E-state index in [-0.39, 0.29) is 11.9 Å². The maximum Gasteiger partial charge on any atom is 0.326 e. The van der Waals surface area contributed by atoms with Crippen LogP contribution in [0.2, 0.25) is 0 Å². The van der Waals surface area contributed by atoms with Gasteiger partial charge in [0.15, 0.2) is 0 Å². The first kappa shape index (κ1) is 16.8. The second kappa shape index (κ2) is 8.12. The topological polar surface area (TPSA) is 78.4 Å². The van der Waals surface area contributed by atoms with Crippen LogP contribution in [0.4, 0.5) is 4.79 Å². The molecule has 20 heavy (non-hydrogen) atoms. The lowest BCUT2D eigenvalue weighted by Gasteiger charge is -2.26. The molecule has 1 aliphatic rings. The Balaban J connectivity index is 2.29. The average molecular weight is 284 g/mol. The summed E-state index contributed by atoms with van der Waals surface area (Å²) in [7, 11) is 0. The van der Waals surface area contributed by atoms with E-state index >= 15 is 0 Å². The molecule has 1 aliphatic carbocycles. The molecule has 1 unspecified atom stereocenters. The first-order valence-electron chi connectivity index (χ1n) is 7.65. The molecule has 0 bridgehead atoms. The molecule has 3 N–H and O–H groups in total. The average Bonchev–Trinajstić information content (AvgIpc) is 2.36. The molecule has 0 aliphatic heterocycles. The number of aliphatic carboxylic acids is 1. The number of nitrogens with one attached hydrogen (secondary N) is 2. The van der Waals surface area contributed by atoms with Gasteiger partial charge in [0.05, 0.1) is 0 Å². The third-order valence-electron chi connectivity index (χ3n) is 4.00. The lowest BCUT2D eigenvalue weighted by molar-refractivity contribution is -0.139. The molecular weight excluding hydrogens is 256 g/mol. The standard InChI is InChI=1S/C15H28N2O3/c1-10(2)8-13(14(18)19)17-15(20)16-9-12-6-4-11(3)5-7-12/h10-13H,4-9H2,1-3H3,(H,18,19)(H2,16,17,20). The summed E-state index contributed by atoms with van der Waals surface area (Å²) in [5, 5.41) is 14.4. The van der Waals surface area contributed by atoms with E-state index in [2.05, 4.69) is 17.6 Å². The summed E-state index contributed by atoms with van der Waals surface area (Å²) in [5.74, 6) is 0.587. The molecule has 5 heteroatoms. The van der Waals surface area contributed by atoms with E-state index in [0.717, 1.165) is 18.8 Å². The molecular formula is C15H28N2O3. The first-order valence-corrected chi connectivity index (χ1v) is 7.65. The predicted molar refractivity (Wildman–Crippen MR) is 78.5 cm³/mol. The monoisotopic (exact) mass is 284 g/mol. The van der Waals surface area contributed by atoms with Gasteiger partial charge in [0.1, 0.15) is 6.04 Å². The van der Waals surface area contributed by atoms with Gasteiger partial charge in [0.2, 0.25) is 0 Å². The predicted octanol–water partition coefficient (Wildman–Crippen LogP) is 2.61. The molecule has 0 aromatic heterocycles. The minimum Gasteiger partial charge on any atom is -0.480 e. The van der Waals surface area contributed by atoms with E-state index in [1.165, 1.54) is 12.8 Å². The molecule has 0 saturated heterocycles. The third kappa shape index (κ3) is 6.26. The van der Waals surface area contributed by atoms with Crippen LogP contribution in [0.15, 0.2) is 0 Å². The zero-order valence-corrected chi connectivity index (χ0v) is 12.8. The van der Waals surface area contributed by atoms with Crippen LogP contribution in [-0.2, 0) is 4.79 Å². The molecule has 0 aromatic carbocycles. The van der Waals surface area contributed by atoms with E-state index < -0.39 is 12.0 Å². The normalized spacial score (nSPS) is 24.2.